The van der Waals surface area contributed by atoms with Gasteiger partial charge in [0.25, 0.3) is 0 Å². The molecule has 5 heteroatoms. The molecule has 1 fully saturated rings. The molecule has 1 aliphatic carbocycles. The van der Waals surface area contributed by atoms with E-state index in [1.807, 2.05) is 5.38 Å². The van der Waals surface area contributed by atoms with Gasteiger partial charge in [-0.2, -0.15) is 0 Å². The summed E-state index contributed by atoms with van der Waals surface area (Å²) in [6, 6.07) is 0. The molecule has 0 radical (unpaired) electrons. The van der Waals surface area contributed by atoms with E-state index in [2.05, 4.69) is 17.2 Å². The van der Waals surface area contributed by atoms with Gasteiger partial charge in [-0.3, -0.25) is 4.79 Å². The Morgan fingerprint density at radius 3 is 2.89 bits per heavy atom. The minimum Gasteiger partial charge on any atom is -0.481 e. The van der Waals surface area contributed by atoms with Crippen LogP contribution >= 0.6 is 11.3 Å². The number of carboxylic acid groups (broad SMARTS) is 1. The molecule has 2 N–H and O–H groups in total. The maximum Gasteiger partial charge on any atom is 0.315 e. The van der Waals surface area contributed by atoms with Crippen molar-refractivity contribution in [2.24, 2.45) is 11.8 Å². The Labute approximate surface area is 118 Å². The van der Waals surface area contributed by atoms with E-state index in [1.54, 1.807) is 13.8 Å². The smallest absolute Gasteiger partial charge is 0.315 e. The average Bonchev–Trinajstić information content (AvgIpc) is 2.95. The summed E-state index contributed by atoms with van der Waals surface area (Å²) in [5, 5.41) is 15.2. The van der Waals surface area contributed by atoms with E-state index in [0.29, 0.717) is 5.69 Å². The summed E-state index contributed by atoms with van der Waals surface area (Å²) in [5.41, 5.74) is -0.288. The van der Waals surface area contributed by atoms with Gasteiger partial charge in [0.1, 0.15) is 5.41 Å². The fourth-order valence-corrected chi connectivity index (χ4v) is 3.38. The van der Waals surface area contributed by atoms with E-state index >= 15 is 0 Å². The highest BCUT2D eigenvalue weighted by molar-refractivity contribution is 7.13. The third-order valence-corrected chi connectivity index (χ3v) is 5.03. The van der Waals surface area contributed by atoms with Gasteiger partial charge in [-0.1, -0.05) is 19.8 Å². The highest BCUT2D eigenvalue weighted by Crippen LogP contribution is 2.32. The van der Waals surface area contributed by atoms with E-state index in [0.717, 1.165) is 23.5 Å². The van der Waals surface area contributed by atoms with Crippen LogP contribution in [0.5, 0.6) is 0 Å². The number of rotatable bonds is 5. The van der Waals surface area contributed by atoms with Gasteiger partial charge in [0, 0.05) is 11.9 Å². The maximum absolute atomic E-state index is 11.2. The molecule has 2 unspecified atom stereocenters. The number of hydrogen-bond acceptors (Lipinski definition) is 4. The van der Waals surface area contributed by atoms with Crippen molar-refractivity contribution in [3.05, 3.63) is 11.1 Å². The van der Waals surface area contributed by atoms with Crippen LogP contribution in [0.25, 0.3) is 0 Å². The quantitative estimate of drug-likeness (QED) is 0.869. The topological polar surface area (TPSA) is 62.2 Å². The molecular formula is C14H22N2O2S. The van der Waals surface area contributed by atoms with Crippen LogP contribution in [-0.2, 0) is 10.2 Å². The highest BCUT2D eigenvalue weighted by atomic mass is 32.1. The SMILES string of the molecule is CC1CCCC1CNc1nc(C(C)(C)C(=O)O)cs1. The first-order valence-corrected chi connectivity index (χ1v) is 7.72. The summed E-state index contributed by atoms with van der Waals surface area (Å²) < 4.78 is 0. The number of thiazole rings is 1. The van der Waals surface area contributed by atoms with Crippen molar-refractivity contribution in [2.75, 3.05) is 11.9 Å². The number of nitrogens with zero attached hydrogens (tertiary/aromatic N) is 1. The Balaban J connectivity index is 1.96. The highest BCUT2D eigenvalue weighted by Gasteiger charge is 2.32. The molecule has 106 valence electrons. The van der Waals surface area contributed by atoms with Crippen LogP contribution in [0.15, 0.2) is 5.38 Å². The van der Waals surface area contributed by atoms with Crippen LogP contribution in [0.2, 0.25) is 0 Å². The minimum absolute atomic E-state index is 0.631. The molecule has 0 bridgehead atoms. The Kier molecular flexibility index (Phi) is 4.13. The molecule has 2 atom stereocenters. The Morgan fingerprint density at radius 2 is 2.32 bits per heavy atom. The first-order valence-electron chi connectivity index (χ1n) is 6.84. The molecular weight excluding hydrogens is 260 g/mol. The third-order valence-electron chi connectivity index (χ3n) is 4.23. The van der Waals surface area contributed by atoms with Crippen molar-refractivity contribution in [3.63, 3.8) is 0 Å². The fourth-order valence-electron chi connectivity index (χ4n) is 2.50. The van der Waals surface area contributed by atoms with Crippen LogP contribution in [0.1, 0.15) is 45.7 Å². The lowest BCUT2D eigenvalue weighted by Crippen LogP contribution is -2.28. The summed E-state index contributed by atoms with van der Waals surface area (Å²) in [4.78, 5) is 15.6. The predicted molar refractivity (Wildman–Crippen MR) is 77.8 cm³/mol. The number of aromatic nitrogens is 1. The van der Waals surface area contributed by atoms with Crippen LogP contribution in [0.4, 0.5) is 5.13 Å². The van der Waals surface area contributed by atoms with Crippen molar-refractivity contribution in [1.82, 2.24) is 4.98 Å². The molecule has 1 heterocycles. The largest absolute Gasteiger partial charge is 0.481 e. The Hall–Kier alpha value is -1.10. The van der Waals surface area contributed by atoms with Gasteiger partial charge in [-0.05, 0) is 32.1 Å². The predicted octanol–water partition coefficient (Wildman–Crippen LogP) is 3.35. The molecule has 2 rings (SSSR count). The number of carbonyl (C=O) groups is 1. The summed E-state index contributed by atoms with van der Waals surface area (Å²) in [6.45, 7) is 6.63. The third kappa shape index (κ3) is 3.08. The van der Waals surface area contributed by atoms with Gasteiger partial charge < -0.3 is 10.4 Å². The molecule has 0 aromatic carbocycles. The molecule has 4 nitrogen and oxygen atoms in total. The second-order valence-corrected chi connectivity index (χ2v) is 6.88. The summed E-state index contributed by atoms with van der Waals surface area (Å²) in [7, 11) is 0. The van der Waals surface area contributed by atoms with Crippen molar-refractivity contribution < 1.29 is 9.90 Å². The Bertz CT molecular complexity index is 456. The van der Waals surface area contributed by atoms with Gasteiger partial charge in [0.2, 0.25) is 0 Å². The number of nitrogens with one attached hydrogen (secondary N) is 1. The average molecular weight is 282 g/mol. The first-order chi connectivity index (χ1) is 8.91. The number of carboxylic acids is 1. The van der Waals surface area contributed by atoms with Crippen molar-refractivity contribution in [1.29, 1.82) is 0 Å². The van der Waals surface area contributed by atoms with E-state index in [-0.39, 0.29) is 0 Å². The molecule has 1 aliphatic rings. The lowest BCUT2D eigenvalue weighted by molar-refractivity contribution is -0.142. The molecule has 0 spiro atoms. The van der Waals surface area contributed by atoms with Gasteiger partial charge in [-0.15, -0.1) is 11.3 Å². The molecule has 1 aromatic rings. The van der Waals surface area contributed by atoms with E-state index in [4.69, 9.17) is 0 Å². The first kappa shape index (κ1) is 14.3. The van der Waals surface area contributed by atoms with Gasteiger partial charge >= 0.3 is 5.97 Å². The van der Waals surface area contributed by atoms with Gasteiger partial charge in [-0.25, -0.2) is 4.98 Å². The van der Waals surface area contributed by atoms with Crippen molar-refractivity contribution in [2.45, 2.75) is 45.4 Å². The van der Waals surface area contributed by atoms with Crippen molar-refractivity contribution in [3.8, 4) is 0 Å². The molecule has 0 aliphatic heterocycles. The molecule has 0 saturated heterocycles. The van der Waals surface area contributed by atoms with Gasteiger partial charge in [0.05, 0.1) is 5.69 Å². The monoisotopic (exact) mass is 282 g/mol. The molecule has 1 aromatic heterocycles. The lowest BCUT2D eigenvalue weighted by Gasteiger charge is -2.16. The zero-order valence-corrected chi connectivity index (χ0v) is 12.6. The number of aliphatic carboxylic acids is 1. The van der Waals surface area contributed by atoms with E-state index < -0.39 is 11.4 Å². The fraction of sp³-hybridized carbons (Fsp3) is 0.714. The zero-order chi connectivity index (χ0) is 14.0. The standard InChI is InChI=1S/C14H22N2O2S/c1-9-5-4-6-10(9)7-15-13-16-11(8-19-13)14(2,3)12(17)18/h8-10H,4-7H2,1-3H3,(H,15,16)(H,17,18). The van der Waals surface area contributed by atoms with Crippen molar-refractivity contribution >= 4 is 22.4 Å². The van der Waals surface area contributed by atoms with Crippen LogP contribution < -0.4 is 5.32 Å². The second kappa shape index (κ2) is 5.49. The van der Waals surface area contributed by atoms with E-state index in [1.165, 1.54) is 30.6 Å². The summed E-state index contributed by atoms with van der Waals surface area (Å²) >= 11 is 1.49. The van der Waals surface area contributed by atoms with Crippen LogP contribution in [0, 0.1) is 11.8 Å². The molecule has 19 heavy (non-hydrogen) atoms. The summed E-state index contributed by atoms with van der Waals surface area (Å²) in [6.07, 6.45) is 3.93. The number of hydrogen-bond donors (Lipinski definition) is 2. The molecule has 0 amide bonds. The zero-order valence-electron chi connectivity index (χ0n) is 11.8. The Morgan fingerprint density at radius 1 is 1.58 bits per heavy atom. The maximum atomic E-state index is 11.2. The number of anilines is 1. The van der Waals surface area contributed by atoms with Gasteiger partial charge in [0.15, 0.2) is 5.13 Å². The summed E-state index contributed by atoms with van der Waals surface area (Å²) in [5.74, 6) is 0.663. The molecule has 1 saturated carbocycles. The van der Waals surface area contributed by atoms with Crippen LogP contribution in [-0.4, -0.2) is 22.6 Å². The van der Waals surface area contributed by atoms with Crippen LogP contribution in [0.3, 0.4) is 0 Å². The van der Waals surface area contributed by atoms with E-state index in [9.17, 15) is 9.90 Å². The lowest BCUT2D eigenvalue weighted by atomic mass is 9.90. The minimum atomic E-state index is -0.920. The normalized spacial score (nSPS) is 23.5. The second-order valence-electron chi connectivity index (χ2n) is 6.02.